The summed E-state index contributed by atoms with van der Waals surface area (Å²) < 4.78 is 46.8. The summed E-state index contributed by atoms with van der Waals surface area (Å²) >= 11 is 17.6. The molecular formula is C24H21Cl3F3NO3. The number of rotatable bonds is 4. The molecule has 0 aliphatic heterocycles. The second-order valence-corrected chi connectivity index (χ2v) is 10.1. The molecule has 0 saturated heterocycles. The number of fused-ring (bicyclic) bond motifs is 1. The highest BCUT2D eigenvalue weighted by atomic mass is 35.5. The van der Waals surface area contributed by atoms with Crippen molar-refractivity contribution in [1.82, 2.24) is 5.32 Å². The van der Waals surface area contributed by atoms with E-state index >= 15 is 0 Å². The van der Waals surface area contributed by atoms with E-state index < -0.39 is 35.3 Å². The summed E-state index contributed by atoms with van der Waals surface area (Å²) in [6.45, 7) is 5.47. The number of aryl methyl sites for hydroxylation is 1. The molecule has 1 unspecified atom stereocenters. The monoisotopic (exact) mass is 533 g/mol. The van der Waals surface area contributed by atoms with Gasteiger partial charge in [0.1, 0.15) is 6.10 Å². The maximum Gasteiger partial charge on any atom is 0.417 e. The van der Waals surface area contributed by atoms with Gasteiger partial charge in [0, 0.05) is 11.1 Å². The molecule has 2 aromatic carbocycles. The van der Waals surface area contributed by atoms with E-state index in [0.717, 1.165) is 23.3 Å². The Kier molecular flexibility index (Phi) is 7.60. The van der Waals surface area contributed by atoms with Gasteiger partial charge < -0.3 is 10.1 Å². The lowest BCUT2D eigenvalue weighted by atomic mass is 9.99. The molecule has 2 aromatic rings. The maximum atomic E-state index is 13.8. The number of carbonyl (C=O) groups excluding carboxylic acids is 2. The number of hydrogen-bond acceptors (Lipinski definition) is 3. The first-order chi connectivity index (χ1) is 15.7. The summed E-state index contributed by atoms with van der Waals surface area (Å²) in [6, 6.07) is 6.55. The van der Waals surface area contributed by atoms with Gasteiger partial charge >= 0.3 is 12.3 Å². The van der Waals surface area contributed by atoms with Gasteiger partial charge in [-0.05, 0) is 74.6 Å². The van der Waals surface area contributed by atoms with Crippen molar-refractivity contribution in [3.63, 3.8) is 0 Å². The Hall–Kier alpha value is -2.22. The zero-order valence-electron chi connectivity index (χ0n) is 18.4. The minimum absolute atomic E-state index is 0.0754. The molecule has 182 valence electrons. The van der Waals surface area contributed by atoms with Gasteiger partial charge in [-0.2, -0.15) is 13.2 Å². The summed E-state index contributed by atoms with van der Waals surface area (Å²) in [4.78, 5) is 24.9. The summed E-state index contributed by atoms with van der Waals surface area (Å²) in [5.74, 6) is -0.841. The molecule has 0 fully saturated rings. The van der Waals surface area contributed by atoms with Gasteiger partial charge in [-0.25, -0.2) is 4.79 Å². The van der Waals surface area contributed by atoms with Crippen LogP contribution in [-0.2, 0) is 11.2 Å². The highest BCUT2D eigenvalue weighted by Gasteiger charge is 2.36. The number of amides is 1. The van der Waals surface area contributed by atoms with E-state index in [-0.39, 0.29) is 26.2 Å². The van der Waals surface area contributed by atoms with Crippen molar-refractivity contribution in [2.75, 3.05) is 0 Å². The summed E-state index contributed by atoms with van der Waals surface area (Å²) in [6.07, 6.45) is -4.37. The predicted molar refractivity (Wildman–Crippen MR) is 127 cm³/mol. The molecule has 1 N–H and O–H groups in total. The minimum atomic E-state index is -4.84. The molecule has 4 nitrogen and oxygen atoms in total. The van der Waals surface area contributed by atoms with Gasteiger partial charge in [-0.15, -0.1) is 0 Å². The molecule has 34 heavy (non-hydrogen) atoms. The lowest BCUT2D eigenvalue weighted by Gasteiger charge is -2.22. The molecule has 1 aliphatic rings. The Morgan fingerprint density at radius 2 is 1.65 bits per heavy atom. The van der Waals surface area contributed by atoms with Crippen LogP contribution >= 0.6 is 34.8 Å². The number of ether oxygens (including phenoxy) is 1. The fourth-order valence-corrected chi connectivity index (χ4v) is 4.17. The molecule has 1 amide bonds. The van der Waals surface area contributed by atoms with Crippen molar-refractivity contribution in [3.05, 3.63) is 73.7 Å². The van der Waals surface area contributed by atoms with E-state index in [2.05, 4.69) is 5.32 Å². The van der Waals surface area contributed by atoms with E-state index in [1.165, 1.54) is 12.1 Å². The Labute approximate surface area is 210 Å². The normalized spacial score (nSPS) is 16.3. The smallest absolute Gasteiger partial charge is 0.417 e. The molecule has 0 spiro atoms. The SMILES string of the molecule is CC(C)(C)NC(=O)OC1CCc2cc(C(=O)C=C(c3cc(Cl)c(Cl)c(Cl)c3)C(F)(F)F)ccc21. The van der Waals surface area contributed by atoms with Crippen LogP contribution in [0, 0.1) is 0 Å². The minimum Gasteiger partial charge on any atom is -0.441 e. The van der Waals surface area contributed by atoms with Crippen LogP contribution in [0.1, 0.15) is 60.3 Å². The standard InChI is InChI=1S/C24H21Cl3F3NO3/c1-23(2,3)31-22(33)34-20-7-5-12-8-13(4-6-15(12)20)19(32)11-16(24(28,29)30)14-9-17(25)21(27)18(26)10-14/h4,6,8-11,20H,5,7H2,1-3H3,(H,31,33). The molecule has 0 heterocycles. The number of alkyl carbamates (subject to hydrolysis) is 1. The Morgan fingerprint density at radius 1 is 1.03 bits per heavy atom. The third kappa shape index (κ3) is 6.26. The van der Waals surface area contributed by atoms with Crippen LogP contribution in [0.4, 0.5) is 18.0 Å². The highest BCUT2D eigenvalue weighted by Crippen LogP contribution is 2.40. The Morgan fingerprint density at radius 3 is 2.21 bits per heavy atom. The van der Waals surface area contributed by atoms with Crippen LogP contribution in [0.15, 0.2) is 36.4 Å². The number of hydrogen-bond donors (Lipinski definition) is 1. The number of ketones is 1. The zero-order chi connectivity index (χ0) is 25.4. The van der Waals surface area contributed by atoms with E-state index in [1.54, 1.807) is 6.07 Å². The number of halogens is 6. The number of carbonyl (C=O) groups is 2. The van der Waals surface area contributed by atoms with Crippen molar-refractivity contribution < 1.29 is 27.5 Å². The Bertz CT molecular complexity index is 1150. The van der Waals surface area contributed by atoms with Crippen LogP contribution in [0.3, 0.4) is 0 Å². The molecule has 1 aliphatic carbocycles. The third-order valence-electron chi connectivity index (χ3n) is 5.05. The number of alkyl halides is 3. The first-order valence-corrected chi connectivity index (χ1v) is 11.4. The van der Waals surface area contributed by atoms with E-state index in [0.29, 0.717) is 18.9 Å². The average Bonchev–Trinajstić information content (AvgIpc) is 3.09. The molecule has 1 atom stereocenters. The van der Waals surface area contributed by atoms with Gasteiger partial charge in [-0.3, -0.25) is 4.79 Å². The topological polar surface area (TPSA) is 55.4 Å². The van der Waals surface area contributed by atoms with Crippen LogP contribution in [0.25, 0.3) is 5.57 Å². The van der Waals surface area contributed by atoms with Crippen molar-refractivity contribution in [2.45, 2.75) is 51.4 Å². The van der Waals surface area contributed by atoms with E-state index in [4.69, 9.17) is 39.5 Å². The van der Waals surface area contributed by atoms with E-state index in [1.807, 2.05) is 20.8 Å². The predicted octanol–water partition coefficient (Wildman–Crippen LogP) is 7.99. The highest BCUT2D eigenvalue weighted by molar-refractivity contribution is 6.48. The fourth-order valence-electron chi connectivity index (χ4n) is 3.57. The lowest BCUT2D eigenvalue weighted by Crippen LogP contribution is -2.41. The third-order valence-corrected chi connectivity index (χ3v) is 6.25. The van der Waals surface area contributed by atoms with Crippen LogP contribution in [0.5, 0.6) is 0 Å². The number of allylic oxidation sites excluding steroid dienone is 2. The van der Waals surface area contributed by atoms with Crippen molar-refractivity contribution in [2.24, 2.45) is 0 Å². The average molecular weight is 535 g/mol. The first-order valence-electron chi connectivity index (χ1n) is 10.3. The van der Waals surface area contributed by atoms with Gasteiger partial charge in [0.05, 0.1) is 20.6 Å². The van der Waals surface area contributed by atoms with Crippen molar-refractivity contribution >= 4 is 52.3 Å². The van der Waals surface area contributed by atoms with Crippen molar-refractivity contribution in [1.29, 1.82) is 0 Å². The summed E-state index contributed by atoms with van der Waals surface area (Å²) in [5.41, 5.74) is -0.504. The van der Waals surface area contributed by atoms with E-state index in [9.17, 15) is 22.8 Å². The van der Waals surface area contributed by atoms with Crippen LogP contribution in [0.2, 0.25) is 15.1 Å². The largest absolute Gasteiger partial charge is 0.441 e. The zero-order valence-corrected chi connectivity index (χ0v) is 20.7. The summed E-state index contributed by atoms with van der Waals surface area (Å²) in [7, 11) is 0. The number of nitrogens with one attached hydrogen (secondary N) is 1. The van der Waals surface area contributed by atoms with Gasteiger partial charge in [0.15, 0.2) is 5.78 Å². The molecular weight excluding hydrogens is 514 g/mol. The van der Waals surface area contributed by atoms with Crippen LogP contribution < -0.4 is 5.32 Å². The number of benzene rings is 2. The quantitative estimate of drug-likeness (QED) is 0.246. The lowest BCUT2D eigenvalue weighted by molar-refractivity contribution is -0.0689. The maximum absolute atomic E-state index is 13.8. The van der Waals surface area contributed by atoms with Gasteiger partial charge in [0.2, 0.25) is 0 Å². The van der Waals surface area contributed by atoms with Gasteiger partial charge in [-0.1, -0.05) is 46.9 Å². The molecule has 0 bridgehead atoms. The molecule has 3 rings (SSSR count). The molecule has 0 aromatic heterocycles. The second-order valence-electron chi connectivity index (χ2n) is 8.90. The summed E-state index contributed by atoms with van der Waals surface area (Å²) in [5, 5.41) is 2.31. The fraction of sp³-hybridized carbons (Fsp3) is 0.333. The van der Waals surface area contributed by atoms with Crippen molar-refractivity contribution in [3.8, 4) is 0 Å². The van der Waals surface area contributed by atoms with Gasteiger partial charge in [0.25, 0.3) is 0 Å². The molecule has 0 radical (unpaired) electrons. The first kappa shape index (κ1) is 26.4. The van der Waals surface area contributed by atoms with Crippen LogP contribution in [-0.4, -0.2) is 23.6 Å². The molecule has 10 heteroatoms. The Balaban J connectivity index is 1.88. The molecule has 0 saturated carbocycles. The second kappa shape index (κ2) is 9.80.